The lowest BCUT2D eigenvalue weighted by Gasteiger charge is -2.10. The lowest BCUT2D eigenvalue weighted by molar-refractivity contribution is 0.185. The first-order chi connectivity index (χ1) is 8.08. The van der Waals surface area contributed by atoms with Gasteiger partial charge in [-0.05, 0) is 6.42 Å². The van der Waals surface area contributed by atoms with Gasteiger partial charge in [-0.3, -0.25) is 0 Å². The molecule has 0 aromatic carbocycles. The van der Waals surface area contributed by atoms with Crippen LogP contribution in [0.25, 0.3) is 0 Å². The van der Waals surface area contributed by atoms with Gasteiger partial charge in [0, 0.05) is 6.54 Å². The van der Waals surface area contributed by atoms with Crippen LogP contribution >= 0.6 is 0 Å². The Bertz CT molecular complexity index is 509. The molecule has 0 bridgehead atoms. The van der Waals surface area contributed by atoms with E-state index in [1.165, 1.54) is 0 Å². The van der Waals surface area contributed by atoms with Crippen LogP contribution in [-0.2, 0) is 19.8 Å². The van der Waals surface area contributed by atoms with E-state index in [1.807, 2.05) is 0 Å². The predicted octanol–water partition coefficient (Wildman–Crippen LogP) is -2.48. The molecule has 0 spiro atoms. The third-order valence-corrected chi connectivity index (χ3v) is 2.30. The van der Waals surface area contributed by atoms with Crippen molar-refractivity contribution >= 4 is 0 Å². The molecule has 0 fully saturated rings. The molecular weight excluding hydrogens is 230 g/mol. The van der Waals surface area contributed by atoms with E-state index in [4.69, 9.17) is 10.2 Å². The van der Waals surface area contributed by atoms with E-state index in [1.54, 1.807) is 6.92 Å². The second-order valence-corrected chi connectivity index (χ2v) is 3.44. The number of hydrogen-bond donors (Lipinski definition) is 2. The van der Waals surface area contributed by atoms with E-state index < -0.39 is 30.4 Å². The van der Waals surface area contributed by atoms with Gasteiger partial charge < -0.3 is 10.2 Å². The molecule has 1 aromatic rings. The Morgan fingerprint density at radius 2 is 1.35 bits per heavy atom. The maximum absolute atomic E-state index is 11.8. The SMILES string of the molecule is CCCn1c(=O)n(CO)c(=O)n(CCO)c1=O. The van der Waals surface area contributed by atoms with E-state index in [9.17, 15) is 14.4 Å². The summed E-state index contributed by atoms with van der Waals surface area (Å²) in [4.78, 5) is 35.1. The standard InChI is InChI=1S/C9H15N3O5/c1-2-3-10-7(15)11(4-5-13)9(17)12(6-14)8(10)16/h13-14H,2-6H2,1H3. The molecule has 8 nitrogen and oxygen atoms in total. The highest BCUT2D eigenvalue weighted by Gasteiger charge is 2.13. The number of aromatic nitrogens is 3. The van der Waals surface area contributed by atoms with Crippen LogP contribution in [0.3, 0.4) is 0 Å². The van der Waals surface area contributed by atoms with Crippen molar-refractivity contribution in [2.24, 2.45) is 0 Å². The molecule has 8 heteroatoms. The molecule has 0 saturated heterocycles. The Hall–Kier alpha value is -1.67. The maximum Gasteiger partial charge on any atom is 0.338 e. The van der Waals surface area contributed by atoms with Crippen molar-refractivity contribution in [1.82, 2.24) is 13.7 Å². The van der Waals surface area contributed by atoms with Gasteiger partial charge in [-0.2, -0.15) is 0 Å². The Balaban J connectivity index is 3.64. The molecule has 17 heavy (non-hydrogen) atoms. The fourth-order valence-corrected chi connectivity index (χ4v) is 1.51. The largest absolute Gasteiger partial charge is 0.395 e. The van der Waals surface area contributed by atoms with Crippen molar-refractivity contribution in [1.29, 1.82) is 0 Å². The van der Waals surface area contributed by atoms with Crippen molar-refractivity contribution in [3.63, 3.8) is 0 Å². The fourth-order valence-electron chi connectivity index (χ4n) is 1.51. The van der Waals surface area contributed by atoms with Crippen LogP contribution in [0.1, 0.15) is 13.3 Å². The van der Waals surface area contributed by atoms with Crippen LogP contribution in [0, 0.1) is 0 Å². The molecule has 0 aliphatic rings. The van der Waals surface area contributed by atoms with Crippen LogP contribution in [0.5, 0.6) is 0 Å². The highest BCUT2D eigenvalue weighted by Crippen LogP contribution is 1.80. The number of aliphatic hydroxyl groups excluding tert-OH is 2. The lowest BCUT2D eigenvalue weighted by atomic mass is 10.5. The second kappa shape index (κ2) is 5.60. The van der Waals surface area contributed by atoms with Gasteiger partial charge in [-0.25, -0.2) is 28.1 Å². The van der Waals surface area contributed by atoms with Gasteiger partial charge in [-0.15, -0.1) is 0 Å². The average Bonchev–Trinajstić information content (AvgIpc) is 2.31. The minimum atomic E-state index is -0.913. The van der Waals surface area contributed by atoms with Crippen LogP contribution in [-0.4, -0.2) is 30.5 Å². The molecule has 96 valence electrons. The molecule has 0 atom stereocenters. The predicted molar refractivity (Wildman–Crippen MR) is 58.8 cm³/mol. The summed E-state index contributed by atoms with van der Waals surface area (Å²) in [6, 6.07) is 0. The van der Waals surface area contributed by atoms with Crippen molar-refractivity contribution < 1.29 is 10.2 Å². The van der Waals surface area contributed by atoms with Crippen molar-refractivity contribution in [3.8, 4) is 0 Å². The molecule has 1 heterocycles. The third-order valence-electron chi connectivity index (χ3n) is 2.30. The zero-order valence-corrected chi connectivity index (χ0v) is 9.50. The summed E-state index contributed by atoms with van der Waals surface area (Å²) in [6.07, 6.45) is 0.540. The normalized spacial score (nSPS) is 10.8. The van der Waals surface area contributed by atoms with Gasteiger partial charge in [0.2, 0.25) is 0 Å². The zero-order valence-electron chi connectivity index (χ0n) is 9.50. The molecule has 0 radical (unpaired) electrons. The molecule has 1 aromatic heterocycles. The molecule has 0 amide bonds. The van der Waals surface area contributed by atoms with E-state index in [-0.39, 0.29) is 13.1 Å². The van der Waals surface area contributed by atoms with E-state index in [0.29, 0.717) is 11.0 Å². The van der Waals surface area contributed by atoms with Crippen LogP contribution in [0.4, 0.5) is 0 Å². The maximum atomic E-state index is 11.8. The number of hydrogen-bond acceptors (Lipinski definition) is 5. The monoisotopic (exact) mass is 245 g/mol. The Morgan fingerprint density at radius 1 is 0.882 bits per heavy atom. The molecule has 0 aliphatic carbocycles. The highest BCUT2D eigenvalue weighted by molar-refractivity contribution is 4.78. The fraction of sp³-hybridized carbons (Fsp3) is 0.667. The Kier molecular flexibility index (Phi) is 4.41. The summed E-state index contributed by atoms with van der Waals surface area (Å²) in [7, 11) is 0. The summed E-state index contributed by atoms with van der Waals surface area (Å²) in [6.45, 7) is 0.527. The Morgan fingerprint density at radius 3 is 1.76 bits per heavy atom. The number of aliphatic hydroxyl groups is 2. The summed E-state index contributed by atoms with van der Waals surface area (Å²) in [5.74, 6) is 0. The summed E-state index contributed by atoms with van der Waals surface area (Å²) >= 11 is 0. The second-order valence-electron chi connectivity index (χ2n) is 3.44. The molecule has 0 aliphatic heterocycles. The minimum absolute atomic E-state index is 0.156. The van der Waals surface area contributed by atoms with Gasteiger partial charge in [0.15, 0.2) is 0 Å². The lowest BCUT2D eigenvalue weighted by Crippen LogP contribution is -2.54. The first-order valence-corrected chi connectivity index (χ1v) is 5.24. The first kappa shape index (κ1) is 13.4. The smallest absolute Gasteiger partial charge is 0.338 e. The molecule has 0 unspecified atom stereocenters. The first-order valence-electron chi connectivity index (χ1n) is 5.24. The van der Waals surface area contributed by atoms with Gasteiger partial charge in [0.1, 0.15) is 6.73 Å². The quantitative estimate of drug-likeness (QED) is 0.597. The average molecular weight is 245 g/mol. The van der Waals surface area contributed by atoms with Gasteiger partial charge in [0.25, 0.3) is 0 Å². The van der Waals surface area contributed by atoms with Gasteiger partial charge in [0.05, 0.1) is 13.2 Å². The third kappa shape index (κ3) is 2.37. The number of nitrogens with zero attached hydrogens (tertiary/aromatic N) is 3. The molecule has 2 N–H and O–H groups in total. The summed E-state index contributed by atoms with van der Waals surface area (Å²) < 4.78 is 2.15. The summed E-state index contributed by atoms with van der Waals surface area (Å²) in [5.41, 5.74) is -2.51. The summed E-state index contributed by atoms with van der Waals surface area (Å²) in [5, 5.41) is 17.7. The molecule has 1 rings (SSSR count). The topological polar surface area (TPSA) is 106 Å². The van der Waals surface area contributed by atoms with Crippen LogP contribution in [0.15, 0.2) is 14.4 Å². The zero-order chi connectivity index (χ0) is 13.0. The van der Waals surface area contributed by atoms with E-state index >= 15 is 0 Å². The van der Waals surface area contributed by atoms with Crippen molar-refractivity contribution in [3.05, 3.63) is 31.5 Å². The number of rotatable bonds is 5. The Labute approximate surface area is 96.0 Å². The highest BCUT2D eigenvalue weighted by atomic mass is 16.3. The van der Waals surface area contributed by atoms with E-state index in [2.05, 4.69) is 0 Å². The van der Waals surface area contributed by atoms with E-state index in [0.717, 1.165) is 9.13 Å². The van der Waals surface area contributed by atoms with Gasteiger partial charge in [-0.1, -0.05) is 6.92 Å². The molecular formula is C9H15N3O5. The van der Waals surface area contributed by atoms with Crippen molar-refractivity contribution in [2.75, 3.05) is 6.61 Å². The van der Waals surface area contributed by atoms with Crippen LogP contribution in [0.2, 0.25) is 0 Å². The van der Waals surface area contributed by atoms with Gasteiger partial charge >= 0.3 is 17.1 Å². The van der Waals surface area contributed by atoms with Crippen LogP contribution < -0.4 is 17.1 Å². The minimum Gasteiger partial charge on any atom is -0.395 e. The molecule has 0 saturated carbocycles. The van der Waals surface area contributed by atoms with Crippen molar-refractivity contribution in [2.45, 2.75) is 33.2 Å².